The summed E-state index contributed by atoms with van der Waals surface area (Å²) in [5.41, 5.74) is 0. The predicted molar refractivity (Wildman–Crippen MR) is 42.6 cm³/mol. The molecule has 0 aliphatic carbocycles. The first-order valence-electron chi connectivity index (χ1n) is 2.40. The van der Waals surface area contributed by atoms with Crippen LogP contribution in [0.25, 0.3) is 0 Å². The van der Waals surface area contributed by atoms with Crippen molar-refractivity contribution in [2.75, 3.05) is 0 Å². The molecular formula is C2B6. The Morgan fingerprint density at radius 1 is 0.875 bits per heavy atom. The molecule has 6 heteroatoms. The first-order chi connectivity index (χ1) is 3.80. The third-order valence-electron chi connectivity index (χ3n) is 0.996. The van der Waals surface area contributed by atoms with Gasteiger partial charge >= 0.3 is 53.4 Å². The van der Waals surface area contributed by atoms with Crippen LogP contribution in [0, 0.1) is 0 Å². The second-order valence-corrected chi connectivity index (χ2v) is 1.63. The van der Waals surface area contributed by atoms with E-state index in [1.54, 1.807) is 13.6 Å². The molecule has 0 saturated carbocycles. The minimum absolute atomic E-state index is 0.646. The van der Waals surface area contributed by atoms with Crippen molar-refractivity contribution >= 4 is 53.4 Å². The first kappa shape index (κ1) is 6.25. The molecule has 0 aromatic carbocycles. The zero-order valence-electron chi connectivity index (χ0n) is 4.46. The molecule has 1 aromatic heterocycles. The van der Waals surface area contributed by atoms with Crippen molar-refractivity contribution in [2.45, 2.75) is 0 Å². The fraction of sp³-hybridized carbons (Fsp3) is 0. The molecule has 4 radical (unpaired) electrons. The fourth-order valence-corrected chi connectivity index (χ4v) is 0.511. The van der Waals surface area contributed by atoms with Gasteiger partial charge < -0.3 is 0 Å². The van der Waals surface area contributed by atoms with E-state index in [2.05, 4.69) is 0 Å². The number of rotatable bonds is 0. The SMILES string of the molecule is [B]c1bbbbc1[B]. The van der Waals surface area contributed by atoms with Crippen LogP contribution in [-0.2, 0) is 0 Å². The molecule has 1 rings (SSSR count). The summed E-state index contributed by atoms with van der Waals surface area (Å²) in [5, 5.41) is 1.29. The van der Waals surface area contributed by atoms with Crippen LogP contribution in [0.5, 0.6) is 0 Å². The van der Waals surface area contributed by atoms with Gasteiger partial charge in [0.25, 0.3) is 0 Å². The van der Waals surface area contributed by atoms with E-state index in [1.165, 1.54) is 0 Å². The molecule has 0 amide bonds. The minimum atomic E-state index is 0.646. The van der Waals surface area contributed by atoms with E-state index in [-0.39, 0.29) is 0 Å². The molecule has 8 heavy (non-hydrogen) atoms. The summed E-state index contributed by atoms with van der Waals surface area (Å²) in [6.07, 6.45) is 0. The van der Waals surface area contributed by atoms with Crippen molar-refractivity contribution in [3.8, 4) is 0 Å². The van der Waals surface area contributed by atoms with Gasteiger partial charge in [-0.15, -0.1) is 0 Å². The van der Waals surface area contributed by atoms with E-state index >= 15 is 0 Å². The summed E-state index contributed by atoms with van der Waals surface area (Å²) in [4.78, 5) is 0. The Hall–Kier alpha value is 0.130. The summed E-state index contributed by atoms with van der Waals surface area (Å²) < 4.78 is 0. The first-order valence-corrected chi connectivity index (χ1v) is 2.40. The third kappa shape index (κ3) is 1.30. The molecule has 0 bridgehead atoms. The van der Waals surface area contributed by atoms with Crippen LogP contribution in [0.1, 0.15) is 0 Å². The topological polar surface area (TPSA) is 0 Å². The van der Waals surface area contributed by atoms with E-state index in [0.29, 0.717) is 10.7 Å². The molecule has 1 heterocycles. The fourth-order valence-electron chi connectivity index (χ4n) is 0.511. The molecule has 0 unspecified atom stereocenters. The van der Waals surface area contributed by atoms with E-state index in [9.17, 15) is 0 Å². The van der Waals surface area contributed by atoms with Crippen molar-refractivity contribution in [1.29, 1.82) is 0 Å². The van der Waals surface area contributed by atoms with Gasteiger partial charge in [0.05, 0.1) is 0 Å². The Balaban J connectivity index is 3.13. The second kappa shape index (κ2) is 2.61. The van der Waals surface area contributed by atoms with E-state index in [1.807, 2.05) is 13.4 Å². The Bertz CT molecular complexity index is 163. The normalized spacial score (nSPS) is 7.00. The summed E-state index contributed by atoms with van der Waals surface area (Å²) in [6.45, 7) is 7.25. The van der Waals surface area contributed by atoms with Gasteiger partial charge in [-0.2, -0.15) is 0 Å². The van der Waals surface area contributed by atoms with E-state index in [4.69, 9.17) is 15.7 Å². The van der Waals surface area contributed by atoms with Crippen molar-refractivity contribution in [3.63, 3.8) is 0 Å². The van der Waals surface area contributed by atoms with Gasteiger partial charge in [-0.1, -0.05) is 0 Å². The maximum atomic E-state index is 5.39. The maximum absolute atomic E-state index is 5.39. The van der Waals surface area contributed by atoms with Crippen LogP contribution in [0.4, 0.5) is 0 Å². The molecular weight excluding hydrogens is 88.9 g/mol. The Labute approximate surface area is 54.1 Å². The summed E-state index contributed by atoms with van der Waals surface area (Å²) in [5.74, 6) is 0. The zero-order valence-corrected chi connectivity index (χ0v) is 4.46. The third-order valence-corrected chi connectivity index (χ3v) is 0.996. The van der Waals surface area contributed by atoms with Crippen LogP contribution in [0.3, 0.4) is 0 Å². The molecule has 0 N–H and O–H groups in total. The van der Waals surface area contributed by atoms with Gasteiger partial charge in [-0.25, -0.2) is 0 Å². The van der Waals surface area contributed by atoms with Gasteiger partial charge in [0, 0.05) is 0 Å². The molecule has 1 aromatic rings. The molecule has 0 aliphatic heterocycles. The van der Waals surface area contributed by atoms with Gasteiger partial charge in [0.15, 0.2) is 0 Å². The van der Waals surface area contributed by atoms with Crippen LogP contribution < -0.4 is 10.7 Å². The Kier molecular flexibility index (Phi) is 2.04. The van der Waals surface area contributed by atoms with Crippen molar-refractivity contribution in [3.05, 3.63) is 0 Å². The summed E-state index contributed by atoms with van der Waals surface area (Å²) in [7, 11) is 10.8. The van der Waals surface area contributed by atoms with E-state index in [0.717, 1.165) is 0 Å². The van der Waals surface area contributed by atoms with Gasteiger partial charge in [-0.3, -0.25) is 0 Å². The molecule has 0 nitrogen and oxygen atoms in total. The van der Waals surface area contributed by atoms with Crippen LogP contribution in [0.15, 0.2) is 0 Å². The van der Waals surface area contributed by atoms with Crippen LogP contribution in [0.2, 0.25) is 0 Å². The van der Waals surface area contributed by atoms with Crippen LogP contribution in [-0.4, -0.2) is 42.7 Å². The monoisotopic (exact) mass is 90.1 g/mol. The molecule has 0 spiro atoms. The average Bonchev–Trinajstić information content (AvgIpc) is 1.77. The zero-order chi connectivity index (χ0) is 5.98. The average molecular weight is 88.9 g/mol. The molecule has 0 aliphatic rings. The van der Waals surface area contributed by atoms with Crippen molar-refractivity contribution in [1.82, 2.24) is 0 Å². The molecule has 0 atom stereocenters. The van der Waals surface area contributed by atoms with Crippen LogP contribution >= 0.6 is 0 Å². The van der Waals surface area contributed by atoms with Gasteiger partial charge in [0.1, 0.15) is 0 Å². The van der Waals surface area contributed by atoms with Gasteiger partial charge in [0.2, 0.25) is 0 Å². The van der Waals surface area contributed by atoms with Crippen molar-refractivity contribution in [2.24, 2.45) is 0 Å². The summed E-state index contributed by atoms with van der Waals surface area (Å²) >= 11 is 0. The predicted octanol–water partition coefficient (Wildman–Crippen LogP) is -3.37. The molecule has 26 valence electrons. The van der Waals surface area contributed by atoms with Gasteiger partial charge in [-0.05, 0) is 0 Å². The summed E-state index contributed by atoms with van der Waals surface area (Å²) in [6, 6.07) is 0. The Morgan fingerprint density at radius 3 is 1.50 bits per heavy atom. The standard InChI is InChI=1S/C2B6/c3-1-2(4)6-8-7-5-1. The quantitative estimate of drug-likeness (QED) is 0.291. The van der Waals surface area contributed by atoms with Crippen molar-refractivity contribution < 1.29 is 0 Å². The number of hydrogen-bond donors (Lipinski definition) is 0. The molecule has 0 saturated heterocycles. The Morgan fingerprint density at radius 2 is 1.25 bits per heavy atom. The second-order valence-electron chi connectivity index (χ2n) is 1.63. The van der Waals surface area contributed by atoms with E-state index < -0.39 is 0 Å². The number of hydrogen-bond acceptors (Lipinski definition) is 0. The molecule has 0 fully saturated rings.